The molecule has 1 fully saturated rings. The molecule has 0 aromatic rings. The highest BCUT2D eigenvalue weighted by atomic mass is 16.6. The predicted octanol–water partition coefficient (Wildman–Crippen LogP) is 3.23. The van der Waals surface area contributed by atoms with Gasteiger partial charge in [0.2, 0.25) is 0 Å². The fourth-order valence-electron chi connectivity index (χ4n) is 2.77. The van der Waals surface area contributed by atoms with Crippen LogP contribution in [0.3, 0.4) is 0 Å². The highest BCUT2D eigenvalue weighted by molar-refractivity contribution is 5.91. The Labute approximate surface area is 115 Å². The van der Waals surface area contributed by atoms with Crippen LogP contribution < -0.4 is 0 Å². The minimum atomic E-state index is -0.445. The Morgan fingerprint density at radius 3 is 1.63 bits per heavy atom. The zero-order valence-electron chi connectivity index (χ0n) is 12.3. The van der Waals surface area contributed by atoms with Crippen molar-refractivity contribution in [2.24, 2.45) is 5.92 Å². The van der Waals surface area contributed by atoms with Gasteiger partial charge in [0.15, 0.2) is 0 Å². The van der Waals surface area contributed by atoms with Crippen molar-refractivity contribution in [1.29, 1.82) is 0 Å². The SMILES string of the molecule is CCCC1OC(=O)CC(=O)OC(CCC)C1CCC. The Morgan fingerprint density at radius 2 is 1.26 bits per heavy atom. The zero-order chi connectivity index (χ0) is 14.3. The quantitative estimate of drug-likeness (QED) is 0.549. The van der Waals surface area contributed by atoms with Crippen molar-refractivity contribution in [3.8, 4) is 0 Å². The van der Waals surface area contributed by atoms with Crippen LogP contribution in [0.2, 0.25) is 0 Å². The molecule has 4 nitrogen and oxygen atoms in total. The summed E-state index contributed by atoms with van der Waals surface area (Å²) >= 11 is 0. The molecule has 19 heavy (non-hydrogen) atoms. The van der Waals surface area contributed by atoms with Crippen LogP contribution in [0.5, 0.6) is 0 Å². The number of carbonyl (C=O) groups excluding carboxylic acids is 2. The third-order valence-electron chi connectivity index (χ3n) is 3.58. The van der Waals surface area contributed by atoms with Crippen LogP contribution >= 0.6 is 0 Å². The van der Waals surface area contributed by atoms with E-state index >= 15 is 0 Å². The van der Waals surface area contributed by atoms with Crippen LogP contribution in [0.4, 0.5) is 0 Å². The van der Waals surface area contributed by atoms with Crippen LogP contribution in [0.15, 0.2) is 0 Å². The molecule has 0 saturated carbocycles. The summed E-state index contributed by atoms with van der Waals surface area (Å²) < 4.78 is 11.0. The Balaban J connectivity index is 2.90. The van der Waals surface area contributed by atoms with Crippen LogP contribution in [0, 0.1) is 5.92 Å². The number of carbonyl (C=O) groups is 2. The summed E-state index contributed by atoms with van der Waals surface area (Å²) in [5.74, 6) is -0.753. The van der Waals surface area contributed by atoms with Gasteiger partial charge in [-0.1, -0.05) is 40.0 Å². The van der Waals surface area contributed by atoms with E-state index < -0.39 is 11.9 Å². The lowest BCUT2D eigenvalue weighted by molar-refractivity contribution is -0.176. The number of esters is 2. The molecule has 0 aliphatic carbocycles. The van der Waals surface area contributed by atoms with Crippen molar-refractivity contribution in [1.82, 2.24) is 0 Å². The van der Waals surface area contributed by atoms with Crippen LogP contribution in [0.1, 0.15) is 65.7 Å². The smallest absolute Gasteiger partial charge is 0.317 e. The van der Waals surface area contributed by atoms with Crippen molar-refractivity contribution in [3.63, 3.8) is 0 Å². The first-order chi connectivity index (χ1) is 9.12. The molecule has 1 saturated heterocycles. The monoisotopic (exact) mass is 270 g/mol. The van der Waals surface area contributed by atoms with Crippen molar-refractivity contribution < 1.29 is 19.1 Å². The first kappa shape index (κ1) is 16.0. The van der Waals surface area contributed by atoms with Gasteiger partial charge in [0.25, 0.3) is 0 Å². The third kappa shape index (κ3) is 4.84. The molecule has 0 N–H and O–H groups in total. The Hall–Kier alpha value is -1.06. The maximum Gasteiger partial charge on any atom is 0.317 e. The van der Waals surface area contributed by atoms with Gasteiger partial charge in [-0.15, -0.1) is 0 Å². The van der Waals surface area contributed by atoms with Crippen molar-refractivity contribution in [2.75, 3.05) is 0 Å². The molecule has 1 aliphatic rings. The van der Waals surface area contributed by atoms with E-state index in [1.165, 1.54) is 0 Å². The van der Waals surface area contributed by atoms with Gasteiger partial charge in [-0.25, -0.2) is 0 Å². The molecular weight excluding hydrogens is 244 g/mol. The molecule has 0 spiro atoms. The molecule has 110 valence electrons. The van der Waals surface area contributed by atoms with E-state index in [-0.39, 0.29) is 24.5 Å². The summed E-state index contributed by atoms with van der Waals surface area (Å²) in [6, 6.07) is 0. The molecule has 2 atom stereocenters. The van der Waals surface area contributed by atoms with E-state index in [9.17, 15) is 9.59 Å². The average Bonchev–Trinajstić information content (AvgIpc) is 2.33. The van der Waals surface area contributed by atoms with Gasteiger partial charge in [-0.3, -0.25) is 9.59 Å². The predicted molar refractivity (Wildman–Crippen MR) is 72.6 cm³/mol. The molecule has 0 aromatic heterocycles. The number of ether oxygens (including phenoxy) is 2. The fourth-order valence-corrected chi connectivity index (χ4v) is 2.77. The summed E-state index contributed by atoms with van der Waals surface area (Å²) in [4.78, 5) is 23.2. The molecule has 0 bridgehead atoms. The lowest BCUT2D eigenvalue weighted by Crippen LogP contribution is -2.41. The van der Waals surface area contributed by atoms with Crippen molar-refractivity contribution in [3.05, 3.63) is 0 Å². The molecule has 1 heterocycles. The van der Waals surface area contributed by atoms with Crippen molar-refractivity contribution in [2.45, 2.75) is 77.9 Å². The van der Waals surface area contributed by atoms with Crippen molar-refractivity contribution >= 4 is 11.9 Å². The van der Waals surface area contributed by atoms with E-state index in [0.29, 0.717) is 0 Å². The molecule has 0 amide bonds. The van der Waals surface area contributed by atoms with Gasteiger partial charge < -0.3 is 9.47 Å². The summed E-state index contributed by atoms with van der Waals surface area (Å²) in [5.41, 5.74) is 0. The van der Waals surface area contributed by atoms with Gasteiger partial charge in [0, 0.05) is 5.92 Å². The minimum Gasteiger partial charge on any atom is -0.461 e. The molecule has 0 radical (unpaired) electrons. The normalized spacial score (nSPS) is 28.3. The van der Waals surface area contributed by atoms with E-state index in [2.05, 4.69) is 20.8 Å². The van der Waals surface area contributed by atoms with Gasteiger partial charge >= 0.3 is 11.9 Å². The topological polar surface area (TPSA) is 52.6 Å². The maximum atomic E-state index is 11.6. The summed E-state index contributed by atoms with van der Waals surface area (Å²) in [6.45, 7) is 6.27. The van der Waals surface area contributed by atoms with Gasteiger partial charge in [0.1, 0.15) is 18.6 Å². The number of hydrogen-bond donors (Lipinski definition) is 0. The second kappa shape index (κ2) is 8.18. The van der Waals surface area contributed by atoms with E-state index in [0.717, 1.165) is 38.5 Å². The first-order valence-corrected chi connectivity index (χ1v) is 7.51. The highest BCUT2D eigenvalue weighted by Gasteiger charge is 2.36. The van der Waals surface area contributed by atoms with Crippen LogP contribution in [-0.4, -0.2) is 24.1 Å². The molecule has 0 aromatic carbocycles. The second-order valence-corrected chi connectivity index (χ2v) is 5.26. The number of cyclic esters (lactones) is 2. The second-order valence-electron chi connectivity index (χ2n) is 5.26. The van der Waals surface area contributed by atoms with Gasteiger partial charge in [0.05, 0.1) is 0 Å². The van der Waals surface area contributed by atoms with E-state index in [4.69, 9.17) is 9.47 Å². The van der Waals surface area contributed by atoms with E-state index in [1.807, 2.05) is 0 Å². The van der Waals surface area contributed by atoms with Crippen LogP contribution in [-0.2, 0) is 19.1 Å². The van der Waals surface area contributed by atoms with E-state index in [1.54, 1.807) is 0 Å². The lowest BCUT2D eigenvalue weighted by Gasteiger charge is -2.34. The number of rotatable bonds is 6. The third-order valence-corrected chi connectivity index (χ3v) is 3.58. The Bertz CT molecular complexity index is 275. The zero-order valence-corrected chi connectivity index (χ0v) is 12.3. The summed E-state index contributed by atoms with van der Waals surface area (Å²) in [7, 11) is 0. The van der Waals surface area contributed by atoms with Gasteiger partial charge in [-0.05, 0) is 19.3 Å². The Kier molecular flexibility index (Phi) is 6.89. The molecule has 1 rings (SSSR count). The highest BCUT2D eigenvalue weighted by Crippen LogP contribution is 2.29. The average molecular weight is 270 g/mol. The number of hydrogen-bond acceptors (Lipinski definition) is 4. The Morgan fingerprint density at radius 1 is 0.842 bits per heavy atom. The first-order valence-electron chi connectivity index (χ1n) is 7.51. The fraction of sp³-hybridized carbons (Fsp3) is 0.867. The molecule has 2 unspecified atom stereocenters. The molecule has 4 heteroatoms. The van der Waals surface area contributed by atoms with Gasteiger partial charge in [-0.2, -0.15) is 0 Å². The maximum absolute atomic E-state index is 11.6. The lowest BCUT2D eigenvalue weighted by atomic mass is 9.86. The summed E-state index contributed by atoms with van der Waals surface area (Å²) in [5, 5.41) is 0. The summed E-state index contributed by atoms with van der Waals surface area (Å²) in [6.07, 6.45) is 5.07. The molecule has 1 aliphatic heterocycles. The largest absolute Gasteiger partial charge is 0.461 e. The minimum absolute atomic E-state index is 0.109. The molecular formula is C15H26O4. The van der Waals surface area contributed by atoms with Crippen LogP contribution in [0.25, 0.3) is 0 Å². The standard InChI is InChI=1S/C15H26O4/c1-4-7-11-12(8-5-2)18-14(16)10-15(17)19-13(11)9-6-3/h11-13H,4-10H2,1-3H3.